The van der Waals surface area contributed by atoms with Gasteiger partial charge in [-0.15, -0.1) is 0 Å². The number of rotatable bonds is 10. The molecule has 3 rings (SSSR count). The summed E-state index contributed by atoms with van der Waals surface area (Å²) in [7, 11) is 0. The van der Waals surface area contributed by atoms with E-state index in [9.17, 15) is 19.2 Å². The van der Waals surface area contributed by atoms with Crippen molar-refractivity contribution >= 4 is 52.7 Å². The number of hydrogen-bond acceptors (Lipinski definition) is 12. The Hall–Kier alpha value is -3.58. The molecule has 1 aliphatic rings. The van der Waals surface area contributed by atoms with Crippen LogP contribution in [0.3, 0.4) is 0 Å². The van der Waals surface area contributed by atoms with Crippen LogP contribution in [0.4, 0.5) is 0 Å². The fraction of sp³-hybridized carbons (Fsp3) is 0.522. The Morgan fingerprint density at radius 2 is 1.76 bits per heavy atom. The molecule has 4 atom stereocenters. The van der Waals surface area contributed by atoms with Crippen molar-refractivity contribution in [1.82, 2.24) is 19.5 Å². The highest BCUT2D eigenvalue weighted by atomic mass is 35.5. The minimum atomic E-state index is -1.14. The summed E-state index contributed by atoms with van der Waals surface area (Å²) >= 11 is 6.30. The van der Waals surface area contributed by atoms with Crippen molar-refractivity contribution in [2.45, 2.75) is 65.1 Å². The Bertz CT molecular complexity index is 1200. The summed E-state index contributed by atoms with van der Waals surface area (Å²) < 4.78 is 28.4. The molecule has 0 radical (unpaired) electrons. The lowest BCUT2D eigenvalue weighted by Gasteiger charge is -2.23. The summed E-state index contributed by atoms with van der Waals surface area (Å²) in [6, 6.07) is 0. The van der Waals surface area contributed by atoms with E-state index in [-0.39, 0.29) is 28.7 Å². The predicted molar refractivity (Wildman–Crippen MR) is 127 cm³/mol. The van der Waals surface area contributed by atoms with Crippen LogP contribution < -0.4 is 0 Å². The molecule has 2 aromatic rings. The van der Waals surface area contributed by atoms with Crippen LogP contribution in [-0.4, -0.2) is 74.9 Å². The first kappa shape index (κ1) is 28.0. The molecule has 0 amide bonds. The van der Waals surface area contributed by atoms with Gasteiger partial charge in [0.2, 0.25) is 0 Å². The molecular weight excluding hydrogens is 512 g/mol. The first-order chi connectivity index (χ1) is 17.6. The third-order valence-electron chi connectivity index (χ3n) is 5.12. The largest absolute Gasteiger partial charge is 0.463 e. The van der Waals surface area contributed by atoms with Crippen LogP contribution in [0, 0.1) is 0 Å². The Morgan fingerprint density at radius 1 is 1.05 bits per heavy atom. The molecule has 0 saturated carbocycles. The van der Waals surface area contributed by atoms with Crippen LogP contribution in [0.5, 0.6) is 0 Å². The highest BCUT2D eigenvalue weighted by Crippen LogP contribution is 2.36. The zero-order chi connectivity index (χ0) is 27.1. The number of esters is 4. The van der Waals surface area contributed by atoms with E-state index in [1.807, 2.05) is 6.92 Å². The molecule has 0 unspecified atom stereocenters. The van der Waals surface area contributed by atoms with Gasteiger partial charge in [0.05, 0.1) is 12.9 Å². The van der Waals surface area contributed by atoms with E-state index in [2.05, 4.69) is 15.0 Å². The summed E-state index contributed by atoms with van der Waals surface area (Å²) in [5.74, 6) is -2.37. The molecule has 3 heterocycles. The first-order valence-electron chi connectivity index (χ1n) is 11.5. The molecule has 0 N–H and O–H groups in total. The summed E-state index contributed by atoms with van der Waals surface area (Å²) in [6.45, 7) is 5.60. The van der Waals surface area contributed by atoms with Gasteiger partial charge >= 0.3 is 23.9 Å². The van der Waals surface area contributed by atoms with E-state index in [0.29, 0.717) is 6.61 Å². The van der Waals surface area contributed by atoms with Crippen molar-refractivity contribution in [2.75, 3.05) is 13.2 Å². The Kier molecular flexibility index (Phi) is 9.53. The smallest absolute Gasteiger partial charge is 0.330 e. The van der Waals surface area contributed by atoms with E-state index in [1.165, 1.54) is 43.8 Å². The minimum Gasteiger partial charge on any atom is -0.463 e. The normalized spacial score (nSPS) is 21.2. The standard InChI is InChI=1S/C23H27ClN4O9/c1-5-6-9-33-17(32)8-7-16-26-21(24)18-22(27-16)28(11-25-18)23-20(36-14(4)31)19(35-13(3)30)15(37-23)10-34-12(2)29/h7-8,11,15,19-20,23H,5-6,9-10H2,1-4H3/b8-7+/t15-,19-,20-,23-/m1/s1. The van der Waals surface area contributed by atoms with Crippen LogP contribution >= 0.6 is 11.6 Å². The maximum Gasteiger partial charge on any atom is 0.330 e. The molecule has 37 heavy (non-hydrogen) atoms. The number of carbonyl (C=O) groups excluding carboxylic acids is 4. The molecule has 0 aliphatic carbocycles. The van der Waals surface area contributed by atoms with Crippen LogP contribution in [0.1, 0.15) is 52.6 Å². The molecule has 1 aliphatic heterocycles. The lowest BCUT2D eigenvalue weighted by molar-refractivity contribution is -0.166. The number of halogens is 1. The van der Waals surface area contributed by atoms with Crippen LogP contribution in [0.15, 0.2) is 12.4 Å². The van der Waals surface area contributed by atoms with E-state index in [0.717, 1.165) is 12.8 Å². The third kappa shape index (κ3) is 7.23. The van der Waals surface area contributed by atoms with Crippen molar-refractivity contribution in [1.29, 1.82) is 0 Å². The monoisotopic (exact) mass is 538 g/mol. The molecule has 0 spiro atoms. The van der Waals surface area contributed by atoms with Crippen LogP contribution in [0.2, 0.25) is 5.15 Å². The molecule has 0 aromatic carbocycles. The maximum absolute atomic E-state index is 11.9. The number of fused-ring (bicyclic) bond motifs is 1. The quantitative estimate of drug-likeness (QED) is 0.143. The zero-order valence-corrected chi connectivity index (χ0v) is 21.5. The van der Waals surface area contributed by atoms with Gasteiger partial charge in [-0.1, -0.05) is 24.9 Å². The SMILES string of the molecule is CCCCOC(=O)/C=C/c1nc(Cl)c2ncn([C@@H]3O[C@H](COC(C)=O)[C@@H](OC(C)=O)[C@H]3OC(C)=O)c2n1. The Labute approximate surface area is 217 Å². The van der Waals surface area contributed by atoms with Crippen molar-refractivity contribution in [3.8, 4) is 0 Å². The lowest BCUT2D eigenvalue weighted by Crippen LogP contribution is -2.40. The molecule has 1 fully saturated rings. The average Bonchev–Trinajstić information content (AvgIpc) is 3.38. The molecule has 14 heteroatoms. The molecule has 2 aromatic heterocycles. The fourth-order valence-corrected chi connectivity index (χ4v) is 3.80. The lowest BCUT2D eigenvalue weighted by atomic mass is 10.1. The summed E-state index contributed by atoms with van der Waals surface area (Å²) in [4.78, 5) is 59.7. The van der Waals surface area contributed by atoms with Gasteiger partial charge in [0.15, 0.2) is 35.1 Å². The number of hydrogen-bond donors (Lipinski definition) is 0. The topological polar surface area (TPSA) is 158 Å². The minimum absolute atomic E-state index is 0.00205. The van der Waals surface area contributed by atoms with Gasteiger partial charge in [0.1, 0.15) is 18.2 Å². The van der Waals surface area contributed by atoms with E-state index >= 15 is 0 Å². The van der Waals surface area contributed by atoms with Gasteiger partial charge < -0.3 is 23.7 Å². The number of imidazole rings is 1. The molecule has 0 bridgehead atoms. The fourth-order valence-electron chi connectivity index (χ4n) is 3.58. The number of aromatic nitrogens is 4. The summed E-state index contributed by atoms with van der Waals surface area (Å²) in [5, 5.41) is -0.00205. The third-order valence-corrected chi connectivity index (χ3v) is 5.39. The number of carbonyl (C=O) groups is 4. The summed E-state index contributed by atoms with van der Waals surface area (Å²) in [6.07, 6.45) is 1.19. The van der Waals surface area contributed by atoms with E-state index < -0.39 is 48.4 Å². The van der Waals surface area contributed by atoms with Gasteiger partial charge in [-0.2, -0.15) is 0 Å². The van der Waals surface area contributed by atoms with Crippen molar-refractivity contribution in [3.63, 3.8) is 0 Å². The zero-order valence-electron chi connectivity index (χ0n) is 20.7. The molecule has 1 saturated heterocycles. The second kappa shape index (κ2) is 12.6. The second-order valence-corrected chi connectivity index (χ2v) is 8.42. The van der Waals surface area contributed by atoms with E-state index in [4.69, 9.17) is 35.3 Å². The highest BCUT2D eigenvalue weighted by Gasteiger charge is 2.51. The molecule has 200 valence electrons. The van der Waals surface area contributed by atoms with E-state index in [1.54, 1.807) is 0 Å². The first-order valence-corrected chi connectivity index (χ1v) is 11.9. The second-order valence-electron chi connectivity index (χ2n) is 8.07. The van der Waals surface area contributed by atoms with Crippen LogP contribution in [-0.2, 0) is 42.9 Å². The van der Waals surface area contributed by atoms with Gasteiger partial charge in [-0.3, -0.25) is 19.0 Å². The van der Waals surface area contributed by atoms with Crippen molar-refractivity contribution in [3.05, 3.63) is 23.4 Å². The number of nitrogens with zero attached hydrogens (tertiary/aromatic N) is 4. The summed E-state index contributed by atoms with van der Waals surface area (Å²) in [5.41, 5.74) is 0.401. The van der Waals surface area contributed by atoms with Gasteiger partial charge in [0.25, 0.3) is 0 Å². The maximum atomic E-state index is 11.9. The highest BCUT2D eigenvalue weighted by molar-refractivity contribution is 6.33. The van der Waals surface area contributed by atoms with Gasteiger partial charge in [-0.05, 0) is 12.5 Å². The average molecular weight is 539 g/mol. The number of ether oxygens (including phenoxy) is 5. The Balaban J connectivity index is 1.97. The molecule has 13 nitrogen and oxygen atoms in total. The number of unbranched alkanes of at least 4 members (excludes halogenated alkanes) is 1. The van der Waals surface area contributed by atoms with Crippen LogP contribution in [0.25, 0.3) is 17.2 Å². The van der Waals surface area contributed by atoms with Crippen molar-refractivity contribution in [2.24, 2.45) is 0 Å². The Morgan fingerprint density at radius 3 is 2.41 bits per heavy atom. The van der Waals surface area contributed by atoms with Gasteiger partial charge in [0, 0.05) is 26.8 Å². The predicted octanol–water partition coefficient (Wildman–Crippen LogP) is 2.16. The van der Waals surface area contributed by atoms with Crippen molar-refractivity contribution < 1.29 is 42.9 Å². The van der Waals surface area contributed by atoms with Gasteiger partial charge in [-0.25, -0.2) is 19.7 Å². The molecular formula is C23H27ClN4O9.